The molecule has 1 aliphatic rings. The van der Waals surface area contributed by atoms with Crippen LogP contribution >= 0.6 is 0 Å². The van der Waals surface area contributed by atoms with Crippen LogP contribution in [0, 0.1) is 5.41 Å². The first-order valence-corrected chi connectivity index (χ1v) is 15.3. The summed E-state index contributed by atoms with van der Waals surface area (Å²) in [5.74, 6) is 0. The standard InChI is InChI=1S/C29H44N4O6S/c1-29(2,15-6-7-16-30)21-32(40(37,38)25-12-10-23(31)11-13-25)19-27(34)26(18-22-8-4-3-5-9-22)33(28(35)36)24-14-17-39-20-24/h3-5,8-13,24,26-27,34H,6-7,14-21,30-31H2,1-2H3,(H,35,36)/t24-,26-,27+/m0/s1. The number of carbonyl (C=O) groups is 1. The van der Waals surface area contributed by atoms with Crippen molar-refractivity contribution in [2.24, 2.45) is 11.1 Å². The van der Waals surface area contributed by atoms with Gasteiger partial charge in [-0.05, 0) is 67.5 Å². The number of ether oxygens (including phenoxy) is 1. The molecule has 0 unspecified atom stereocenters. The Hall–Kier alpha value is -2.70. The molecule has 1 fully saturated rings. The summed E-state index contributed by atoms with van der Waals surface area (Å²) in [6.07, 6.45) is 0.653. The monoisotopic (exact) mass is 576 g/mol. The normalized spacial score (nSPS) is 17.6. The Labute approximate surface area is 238 Å². The lowest BCUT2D eigenvalue weighted by molar-refractivity contribution is 0.0142. The first-order valence-electron chi connectivity index (χ1n) is 13.8. The highest BCUT2D eigenvalue weighted by molar-refractivity contribution is 7.89. The predicted molar refractivity (Wildman–Crippen MR) is 155 cm³/mol. The van der Waals surface area contributed by atoms with Crippen molar-refractivity contribution in [1.82, 2.24) is 9.21 Å². The molecule has 1 heterocycles. The second kappa shape index (κ2) is 14.3. The van der Waals surface area contributed by atoms with Gasteiger partial charge in [0.2, 0.25) is 10.0 Å². The van der Waals surface area contributed by atoms with Gasteiger partial charge in [-0.15, -0.1) is 0 Å². The van der Waals surface area contributed by atoms with Gasteiger partial charge in [0.25, 0.3) is 0 Å². The van der Waals surface area contributed by atoms with Gasteiger partial charge in [0, 0.05) is 25.4 Å². The van der Waals surface area contributed by atoms with E-state index in [1.165, 1.54) is 33.5 Å². The van der Waals surface area contributed by atoms with Crippen LogP contribution in [-0.2, 0) is 21.2 Å². The van der Waals surface area contributed by atoms with Gasteiger partial charge in [0.15, 0.2) is 0 Å². The number of nitrogen functional groups attached to an aromatic ring is 1. The molecule has 2 aromatic rings. The lowest BCUT2D eigenvalue weighted by Gasteiger charge is -2.39. The van der Waals surface area contributed by atoms with Crippen molar-refractivity contribution in [3.05, 3.63) is 60.2 Å². The molecule has 1 saturated heterocycles. The minimum absolute atomic E-state index is 0.0607. The Kier molecular flexibility index (Phi) is 11.4. The van der Waals surface area contributed by atoms with Crippen LogP contribution in [0.3, 0.4) is 0 Å². The number of nitrogens with two attached hydrogens (primary N) is 2. The average Bonchev–Trinajstić information content (AvgIpc) is 3.43. The molecular weight excluding hydrogens is 532 g/mol. The number of hydrogen-bond acceptors (Lipinski definition) is 7. The van der Waals surface area contributed by atoms with E-state index in [1.807, 2.05) is 44.2 Å². The first kappa shape index (κ1) is 31.8. The molecular formula is C29H44N4O6S. The van der Waals surface area contributed by atoms with Gasteiger partial charge in [-0.1, -0.05) is 50.6 Å². The SMILES string of the molecule is CC(C)(CCCCN)CN(C[C@@H](O)[C@H](Cc1ccccc1)N(C(=O)O)[C@H]1CCOC1)S(=O)(=O)c1ccc(N)cc1. The Morgan fingerprint density at radius 1 is 1.12 bits per heavy atom. The Morgan fingerprint density at radius 2 is 1.80 bits per heavy atom. The second-order valence-corrected chi connectivity index (χ2v) is 13.2. The van der Waals surface area contributed by atoms with Gasteiger partial charge in [0.1, 0.15) is 0 Å². The molecule has 3 atom stereocenters. The topological polar surface area (TPSA) is 159 Å². The zero-order valence-electron chi connectivity index (χ0n) is 23.5. The molecule has 40 heavy (non-hydrogen) atoms. The molecule has 1 amide bonds. The van der Waals surface area contributed by atoms with Crippen LogP contribution in [0.1, 0.15) is 45.1 Å². The zero-order chi connectivity index (χ0) is 29.3. The van der Waals surface area contributed by atoms with Crippen LogP contribution in [0.15, 0.2) is 59.5 Å². The number of nitrogens with zero attached hydrogens (tertiary/aromatic N) is 2. The quantitative estimate of drug-likeness (QED) is 0.186. The largest absolute Gasteiger partial charge is 0.465 e. The van der Waals surface area contributed by atoms with E-state index < -0.39 is 39.7 Å². The molecule has 0 aliphatic carbocycles. The van der Waals surface area contributed by atoms with Gasteiger partial charge in [-0.3, -0.25) is 4.90 Å². The van der Waals surface area contributed by atoms with Gasteiger partial charge in [0.05, 0.1) is 29.7 Å². The van der Waals surface area contributed by atoms with E-state index in [2.05, 4.69) is 0 Å². The summed E-state index contributed by atoms with van der Waals surface area (Å²) in [7, 11) is -4.05. The van der Waals surface area contributed by atoms with E-state index in [9.17, 15) is 23.4 Å². The molecule has 6 N–H and O–H groups in total. The number of amides is 1. The molecule has 0 radical (unpaired) electrons. The lowest BCUT2D eigenvalue weighted by atomic mass is 9.87. The van der Waals surface area contributed by atoms with Crippen molar-refractivity contribution in [2.45, 2.75) is 69.0 Å². The smallest absolute Gasteiger partial charge is 0.407 e. The van der Waals surface area contributed by atoms with Crippen LogP contribution in [-0.4, -0.2) is 85.0 Å². The van der Waals surface area contributed by atoms with Crippen LogP contribution < -0.4 is 11.5 Å². The number of aliphatic hydroxyl groups excluding tert-OH is 1. The maximum absolute atomic E-state index is 13.9. The fourth-order valence-electron chi connectivity index (χ4n) is 5.26. The van der Waals surface area contributed by atoms with Crippen LogP contribution in [0.4, 0.5) is 10.5 Å². The minimum atomic E-state index is -4.05. The highest BCUT2D eigenvalue weighted by Crippen LogP contribution is 2.30. The predicted octanol–water partition coefficient (Wildman–Crippen LogP) is 3.16. The third kappa shape index (κ3) is 8.65. The van der Waals surface area contributed by atoms with Gasteiger partial charge < -0.3 is 26.4 Å². The Balaban J connectivity index is 1.98. The second-order valence-electron chi connectivity index (χ2n) is 11.3. The van der Waals surface area contributed by atoms with Gasteiger partial charge in [-0.25, -0.2) is 13.2 Å². The maximum atomic E-state index is 13.9. The molecule has 1 aliphatic heterocycles. The van der Waals surface area contributed by atoms with Crippen molar-refractivity contribution >= 4 is 21.8 Å². The molecule has 3 rings (SSSR count). The fraction of sp³-hybridized carbons (Fsp3) is 0.552. The van der Waals surface area contributed by atoms with Crippen molar-refractivity contribution in [2.75, 3.05) is 38.6 Å². The number of unbranched alkanes of at least 4 members (excludes halogenated alkanes) is 1. The average molecular weight is 577 g/mol. The molecule has 0 saturated carbocycles. The summed E-state index contributed by atoms with van der Waals surface area (Å²) in [6, 6.07) is 13.9. The van der Waals surface area contributed by atoms with E-state index in [4.69, 9.17) is 16.2 Å². The third-order valence-electron chi connectivity index (χ3n) is 7.43. The fourth-order valence-corrected chi connectivity index (χ4v) is 6.90. The summed E-state index contributed by atoms with van der Waals surface area (Å²) in [4.78, 5) is 13.9. The van der Waals surface area contributed by atoms with E-state index in [0.29, 0.717) is 25.3 Å². The van der Waals surface area contributed by atoms with Crippen molar-refractivity contribution in [3.63, 3.8) is 0 Å². The molecule has 0 bridgehead atoms. The van der Waals surface area contributed by atoms with Gasteiger partial charge >= 0.3 is 6.09 Å². The van der Waals surface area contributed by atoms with E-state index in [1.54, 1.807) is 0 Å². The van der Waals surface area contributed by atoms with E-state index >= 15 is 0 Å². The summed E-state index contributed by atoms with van der Waals surface area (Å²) in [5, 5.41) is 21.9. The number of hydrogen-bond donors (Lipinski definition) is 4. The van der Waals surface area contributed by atoms with Crippen LogP contribution in [0.25, 0.3) is 0 Å². The zero-order valence-corrected chi connectivity index (χ0v) is 24.3. The highest BCUT2D eigenvalue weighted by atomic mass is 32.2. The van der Waals surface area contributed by atoms with Crippen molar-refractivity contribution in [1.29, 1.82) is 0 Å². The van der Waals surface area contributed by atoms with Crippen LogP contribution in [0.2, 0.25) is 0 Å². The van der Waals surface area contributed by atoms with E-state index in [0.717, 1.165) is 24.8 Å². The summed E-state index contributed by atoms with van der Waals surface area (Å²) in [5.41, 5.74) is 12.3. The number of aliphatic hydroxyl groups is 1. The third-order valence-corrected chi connectivity index (χ3v) is 9.26. The molecule has 2 aromatic carbocycles. The van der Waals surface area contributed by atoms with Gasteiger partial charge in [-0.2, -0.15) is 4.31 Å². The number of carboxylic acid groups (broad SMARTS) is 1. The Bertz CT molecular complexity index is 1170. The number of benzene rings is 2. The molecule has 10 nitrogen and oxygen atoms in total. The molecule has 0 spiro atoms. The van der Waals surface area contributed by atoms with Crippen molar-refractivity contribution in [3.8, 4) is 0 Å². The molecule has 0 aromatic heterocycles. The first-order chi connectivity index (χ1) is 18.9. The maximum Gasteiger partial charge on any atom is 0.407 e. The lowest BCUT2D eigenvalue weighted by Crippen LogP contribution is -2.56. The number of sulfonamides is 1. The van der Waals surface area contributed by atoms with Crippen molar-refractivity contribution < 1.29 is 28.2 Å². The molecule has 11 heteroatoms. The highest BCUT2D eigenvalue weighted by Gasteiger charge is 2.40. The molecule has 222 valence electrons. The number of anilines is 1. The minimum Gasteiger partial charge on any atom is -0.465 e. The van der Waals surface area contributed by atoms with E-state index in [-0.39, 0.29) is 31.0 Å². The number of rotatable bonds is 15. The summed E-state index contributed by atoms with van der Waals surface area (Å²) >= 11 is 0. The Morgan fingerprint density at radius 3 is 2.38 bits per heavy atom. The summed E-state index contributed by atoms with van der Waals surface area (Å²) < 4.78 is 34.6. The van der Waals surface area contributed by atoms with Crippen LogP contribution in [0.5, 0.6) is 0 Å². The summed E-state index contributed by atoms with van der Waals surface area (Å²) in [6.45, 7) is 5.05.